The Hall–Kier alpha value is -4.83. The maximum Gasteiger partial charge on any atom is 0.258 e. The number of nitrogen functional groups attached to an aromatic ring is 1. The minimum atomic E-state index is -1.03. The summed E-state index contributed by atoms with van der Waals surface area (Å²) < 4.78 is 5.72. The Morgan fingerprint density at radius 1 is 1.05 bits per heavy atom. The highest BCUT2D eigenvalue weighted by atomic mass is 16.5. The molecule has 1 heterocycles. The third-order valence-electron chi connectivity index (χ3n) is 7.59. The van der Waals surface area contributed by atoms with Crippen LogP contribution in [0.2, 0.25) is 0 Å². The maximum atomic E-state index is 14.4. The lowest BCUT2D eigenvalue weighted by molar-refractivity contribution is -0.128. The van der Waals surface area contributed by atoms with Gasteiger partial charge in [0.1, 0.15) is 19.6 Å². The van der Waals surface area contributed by atoms with E-state index in [1.165, 1.54) is 4.90 Å². The van der Waals surface area contributed by atoms with Crippen molar-refractivity contribution in [2.24, 2.45) is 0 Å². The van der Waals surface area contributed by atoms with E-state index in [1.807, 2.05) is 36.4 Å². The van der Waals surface area contributed by atoms with Gasteiger partial charge < -0.3 is 30.9 Å². The Morgan fingerprint density at radius 3 is 2.45 bits per heavy atom. The van der Waals surface area contributed by atoms with Gasteiger partial charge in [0, 0.05) is 16.8 Å². The molecule has 42 heavy (non-hydrogen) atoms. The van der Waals surface area contributed by atoms with Gasteiger partial charge in [-0.25, -0.2) is 0 Å². The van der Waals surface area contributed by atoms with Crippen molar-refractivity contribution in [3.05, 3.63) is 90.0 Å². The van der Waals surface area contributed by atoms with Crippen LogP contribution in [0.3, 0.4) is 0 Å². The average molecular weight is 561 g/mol. The fourth-order valence-corrected chi connectivity index (χ4v) is 5.16. The van der Waals surface area contributed by atoms with E-state index in [0.717, 1.165) is 16.3 Å². The fourth-order valence-electron chi connectivity index (χ4n) is 5.16. The number of nitrogens with zero attached hydrogens (tertiary/aromatic N) is 2. The number of rotatable bonds is 7. The summed E-state index contributed by atoms with van der Waals surface area (Å²) in [5.74, 6) is -0.446. The number of amides is 3. The number of benzene rings is 4. The largest absolute Gasteiger partial charge is 0.496 e. The lowest BCUT2D eigenvalue weighted by Crippen LogP contribution is -2.55. The number of nitrogens with two attached hydrogens (primary N) is 1. The van der Waals surface area contributed by atoms with Crippen molar-refractivity contribution in [1.29, 1.82) is 0 Å². The Kier molecular flexibility index (Phi) is 8.17. The number of likely N-dealkylation sites (N-methyl/N-ethyl adjacent to an activating group) is 1. The zero-order valence-electron chi connectivity index (χ0n) is 23.8. The van der Waals surface area contributed by atoms with Crippen LogP contribution in [-0.2, 0) is 16.1 Å². The normalized spacial score (nSPS) is 15.6. The predicted molar refractivity (Wildman–Crippen MR) is 167 cm³/mol. The smallest absolute Gasteiger partial charge is 0.258 e. The molecule has 1 aliphatic rings. The number of methoxy groups -OCH3 is 1. The summed E-state index contributed by atoms with van der Waals surface area (Å²) in [5.41, 5.74) is 9.24. The van der Waals surface area contributed by atoms with E-state index >= 15 is 0 Å². The first kappa shape index (κ1) is 28.7. The number of hydrogen-bond donors (Lipinski definition) is 3. The quantitative estimate of drug-likeness (QED) is 0.236. The summed E-state index contributed by atoms with van der Waals surface area (Å²) >= 11 is 0. The summed E-state index contributed by atoms with van der Waals surface area (Å²) in [6.45, 7) is 1.76. The Bertz CT molecular complexity index is 1660. The number of para-hydroxylation sites is 2. The third kappa shape index (κ3) is 5.53. The molecule has 4 aromatic rings. The molecule has 0 aromatic heterocycles. The molecule has 3 amide bonds. The summed E-state index contributed by atoms with van der Waals surface area (Å²) in [6, 6.07) is 21.6. The molecular formula is C32H32BN5O4. The monoisotopic (exact) mass is 561 g/mol. The van der Waals surface area contributed by atoms with E-state index < -0.39 is 12.1 Å². The Morgan fingerprint density at radius 2 is 1.76 bits per heavy atom. The van der Waals surface area contributed by atoms with E-state index in [0.29, 0.717) is 33.8 Å². The van der Waals surface area contributed by atoms with Crippen LogP contribution >= 0.6 is 0 Å². The third-order valence-corrected chi connectivity index (χ3v) is 7.59. The van der Waals surface area contributed by atoms with Gasteiger partial charge in [0.2, 0.25) is 5.91 Å². The highest BCUT2D eigenvalue weighted by Crippen LogP contribution is 2.37. The minimum Gasteiger partial charge on any atom is -0.496 e. The summed E-state index contributed by atoms with van der Waals surface area (Å²) in [6.07, 6.45) is 0. The topological polar surface area (TPSA) is 117 Å². The molecule has 2 atom stereocenters. The maximum absolute atomic E-state index is 14.4. The number of ether oxygens (including phenoxy) is 1. The van der Waals surface area contributed by atoms with Crippen LogP contribution in [0.4, 0.5) is 17.1 Å². The van der Waals surface area contributed by atoms with Gasteiger partial charge >= 0.3 is 0 Å². The van der Waals surface area contributed by atoms with Crippen molar-refractivity contribution in [2.75, 3.05) is 36.2 Å². The van der Waals surface area contributed by atoms with E-state index in [2.05, 4.69) is 10.6 Å². The molecule has 10 heteroatoms. The highest BCUT2D eigenvalue weighted by molar-refractivity contribution is 6.33. The highest BCUT2D eigenvalue weighted by Gasteiger charge is 2.38. The van der Waals surface area contributed by atoms with Crippen molar-refractivity contribution in [2.45, 2.75) is 25.6 Å². The Balaban J connectivity index is 1.65. The van der Waals surface area contributed by atoms with E-state index in [9.17, 15) is 14.4 Å². The predicted octanol–water partition coefficient (Wildman–Crippen LogP) is 2.51. The second-order valence-electron chi connectivity index (χ2n) is 10.2. The molecule has 0 fully saturated rings. The molecular weight excluding hydrogens is 529 g/mol. The molecule has 0 aliphatic carbocycles. The molecule has 0 saturated carbocycles. The molecule has 2 unspecified atom stereocenters. The molecule has 4 aromatic carbocycles. The minimum absolute atomic E-state index is 0.0685. The number of nitrogens with one attached hydrogen (secondary N) is 2. The van der Waals surface area contributed by atoms with Crippen molar-refractivity contribution in [3.63, 3.8) is 0 Å². The second kappa shape index (κ2) is 12.0. The van der Waals surface area contributed by atoms with Crippen LogP contribution in [0, 0.1) is 0 Å². The average Bonchev–Trinajstić information content (AvgIpc) is 3.11. The lowest BCUT2D eigenvalue weighted by atomic mass is 9.92. The van der Waals surface area contributed by atoms with Gasteiger partial charge in [0.25, 0.3) is 11.8 Å². The number of carbonyl (C=O) groups is 3. The van der Waals surface area contributed by atoms with Crippen LogP contribution in [0.5, 0.6) is 5.75 Å². The molecule has 4 N–H and O–H groups in total. The molecule has 2 radical (unpaired) electrons. The first-order chi connectivity index (χ1) is 20.2. The SMILES string of the molecule is [B]c1ccc2c(CN3C(=O)C(NC(=O)C(C)NC)CN(C(=O)c4ccc(N)cc4)c4ccccc43)c(OC)ccc2c1. The molecule has 212 valence electrons. The molecule has 0 saturated heterocycles. The molecule has 1 aliphatic heterocycles. The number of fused-ring (bicyclic) bond motifs is 2. The number of anilines is 3. The van der Waals surface area contributed by atoms with Crippen LogP contribution in [0.25, 0.3) is 10.8 Å². The number of carbonyl (C=O) groups excluding carboxylic acids is 3. The van der Waals surface area contributed by atoms with Gasteiger partial charge in [0.05, 0.1) is 37.6 Å². The van der Waals surface area contributed by atoms with Crippen molar-refractivity contribution < 1.29 is 19.1 Å². The van der Waals surface area contributed by atoms with E-state index in [1.54, 1.807) is 68.4 Å². The molecule has 0 bridgehead atoms. The number of hydrogen-bond acceptors (Lipinski definition) is 6. The zero-order chi connectivity index (χ0) is 30.0. The van der Waals surface area contributed by atoms with Gasteiger partial charge in [-0.3, -0.25) is 14.4 Å². The van der Waals surface area contributed by atoms with Gasteiger partial charge in [-0.1, -0.05) is 41.9 Å². The lowest BCUT2D eigenvalue weighted by Gasteiger charge is -2.27. The summed E-state index contributed by atoms with van der Waals surface area (Å²) in [4.78, 5) is 44.5. The molecule has 9 nitrogen and oxygen atoms in total. The fraction of sp³-hybridized carbons (Fsp3) is 0.219. The van der Waals surface area contributed by atoms with Crippen molar-refractivity contribution in [3.8, 4) is 5.75 Å². The summed E-state index contributed by atoms with van der Waals surface area (Å²) in [7, 11) is 9.29. The van der Waals surface area contributed by atoms with Crippen LogP contribution in [-0.4, -0.2) is 58.4 Å². The van der Waals surface area contributed by atoms with Crippen LogP contribution in [0.15, 0.2) is 78.9 Å². The van der Waals surface area contributed by atoms with Gasteiger partial charge in [-0.05, 0) is 67.2 Å². The first-order valence-corrected chi connectivity index (χ1v) is 13.6. The van der Waals surface area contributed by atoms with Crippen LogP contribution in [0.1, 0.15) is 22.8 Å². The molecule has 0 spiro atoms. The van der Waals surface area contributed by atoms with Crippen LogP contribution < -0.4 is 36.4 Å². The van der Waals surface area contributed by atoms with Gasteiger partial charge in [-0.2, -0.15) is 0 Å². The van der Waals surface area contributed by atoms with Gasteiger partial charge in [0.15, 0.2) is 0 Å². The zero-order valence-corrected chi connectivity index (χ0v) is 23.8. The van der Waals surface area contributed by atoms with E-state index in [4.69, 9.17) is 18.3 Å². The first-order valence-electron chi connectivity index (χ1n) is 13.6. The van der Waals surface area contributed by atoms with Crippen molar-refractivity contribution in [1.82, 2.24) is 10.6 Å². The van der Waals surface area contributed by atoms with E-state index in [-0.39, 0.29) is 30.8 Å². The summed E-state index contributed by atoms with van der Waals surface area (Å²) in [5, 5.41) is 7.55. The second-order valence-corrected chi connectivity index (χ2v) is 10.2. The van der Waals surface area contributed by atoms with Gasteiger partial charge in [-0.15, -0.1) is 0 Å². The molecule has 5 rings (SSSR count). The van der Waals surface area contributed by atoms with Crippen molar-refractivity contribution >= 4 is 58.9 Å². The standard InChI is InChI=1S/C32H32BN5O4/c1-19(35-2)30(39)36-26-18-38(31(40)20-8-12-23(34)13-9-20)28-7-5-4-6-27(28)37(32(26)41)17-25-24-14-11-22(33)16-21(24)10-15-29(25)42-3/h4-16,19,26,35H,17-18,34H2,1-3H3,(H,36,39). The Labute approximate surface area is 246 Å².